The van der Waals surface area contributed by atoms with E-state index in [0.717, 1.165) is 5.56 Å². The van der Waals surface area contributed by atoms with Gasteiger partial charge in [0.05, 0.1) is 24.7 Å². The Kier molecular flexibility index (Phi) is 4.68. The zero-order valence-electron chi connectivity index (χ0n) is 11.6. The summed E-state index contributed by atoms with van der Waals surface area (Å²) in [7, 11) is 0. The number of hydrogen-bond acceptors (Lipinski definition) is 3. The highest BCUT2D eigenvalue weighted by Crippen LogP contribution is 2.31. The van der Waals surface area contributed by atoms with Crippen LogP contribution in [-0.4, -0.2) is 12.4 Å². The molecule has 0 N–H and O–H groups in total. The number of para-hydroxylation sites is 1. The Bertz CT molecular complexity index is 704. The number of benzene rings is 2. The first-order valence-corrected chi connectivity index (χ1v) is 6.59. The zero-order chi connectivity index (χ0) is 15.2. The lowest BCUT2D eigenvalue weighted by molar-refractivity contribution is 0.0994. The molecule has 2 aromatic carbocycles. The van der Waals surface area contributed by atoms with Gasteiger partial charge in [-0.2, -0.15) is 5.26 Å². The van der Waals surface area contributed by atoms with Crippen LogP contribution >= 0.6 is 0 Å². The number of carbonyl (C=O) groups excluding carboxylic acids is 1. The number of nitrogens with zero attached hydrogens (tertiary/aromatic N) is 1. The monoisotopic (exact) mass is 283 g/mol. The van der Waals surface area contributed by atoms with E-state index in [1.54, 1.807) is 12.1 Å². The molecular weight excluding hydrogens is 269 g/mol. The zero-order valence-corrected chi connectivity index (χ0v) is 11.6. The summed E-state index contributed by atoms with van der Waals surface area (Å²) in [6, 6.07) is 13.4. The molecule has 0 amide bonds. The summed E-state index contributed by atoms with van der Waals surface area (Å²) in [4.78, 5) is 11.6. The standard InChI is InChI=1S/C17H14FNO2/c1-2-21-17-6-4-3-5-13(17)12-7-8-14(15(18)11-12)16(20)9-10-19/h3-8,11H,2,9H2,1H3. The van der Waals surface area contributed by atoms with Gasteiger partial charge < -0.3 is 4.74 Å². The topological polar surface area (TPSA) is 50.1 Å². The predicted molar refractivity (Wildman–Crippen MR) is 77.6 cm³/mol. The largest absolute Gasteiger partial charge is 0.493 e. The Morgan fingerprint density at radius 3 is 2.71 bits per heavy atom. The minimum Gasteiger partial charge on any atom is -0.493 e. The van der Waals surface area contributed by atoms with Gasteiger partial charge in [-0.05, 0) is 30.7 Å². The molecule has 0 saturated heterocycles. The summed E-state index contributed by atoms with van der Waals surface area (Å²) < 4.78 is 19.6. The van der Waals surface area contributed by atoms with Gasteiger partial charge in [-0.3, -0.25) is 4.79 Å². The van der Waals surface area contributed by atoms with Crippen molar-refractivity contribution in [3.05, 3.63) is 53.8 Å². The van der Waals surface area contributed by atoms with Crippen LogP contribution in [0.15, 0.2) is 42.5 Å². The average Bonchev–Trinajstić information content (AvgIpc) is 2.48. The van der Waals surface area contributed by atoms with Crippen molar-refractivity contribution < 1.29 is 13.9 Å². The van der Waals surface area contributed by atoms with Gasteiger partial charge in [-0.15, -0.1) is 0 Å². The highest BCUT2D eigenvalue weighted by molar-refractivity contribution is 5.98. The quantitative estimate of drug-likeness (QED) is 0.780. The summed E-state index contributed by atoms with van der Waals surface area (Å²) in [6.45, 7) is 2.39. The normalized spacial score (nSPS) is 9.95. The van der Waals surface area contributed by atoms with Crippen molar-refractivity contribution in [2.24, 2.45) is 0 Å². The first-order chi connectivity index (χ1) is 10.2. The Hall–Kier alpha value is -2.67. The van der Waals surface area contributed by atoms with Gasteiger partial charge in [-0.1, -0.05) is 24.3 Å². The SMILES string of the molecule is CCOc1ccccc1-c1ccc(C(=O)CC#N)c(F)c1. The van der Waals surface area contributed by atoms with E-state index in [1.165, 1.54) is 12.1 Å². The summed E-state index contributed by atoms with van der Waals surface area (Å²) >= 11 is 0. The number of hydrogen-bond donors (Lipinski definition) is 0. The van der Waals surface area contributed by atoms with Gasteiger partial charge >= 0.3 is 0 Å². The third-order valence-corrected chi connectivity index (χ3v) is 3.01. The van der Waals surface area contributed by atoms with E-state index in [1.807, 2.05) is 31.2 Å². The van der Waals surface area contributed by atoms with E-state index in [-0.39, 0.29) is 12.0 Å². The Morgan fingerprint density at radius 1 is 1.29 bits per heavy atom. The van der Waals surface area contributed by atoms with E-state index in [4.69, 9.17) is 10.00 Å². The molecule has 0 heterocycles. The van der Waals surface area contributed by atoms with Gasteiger partial charge in [0.25, 0.3) is 0 Å². The Balaban J connectivity index is 2.41. The molecule has 4 heteroatoms. The first kappa shape index (κ1) is 14.7. The molecule has 0 aromatic heterocycles. The van der Waals surface area contributed by atoms with Crippen molar-refractivity contribution in [1.82, 2.24) is 0 Å². The second kappa shape index (κ2) is 6.67. The maximum Gasteiger partial charge on any atom is 0.179 e. The van der Waals surface area contributed by atoms with Crippen LogP contribution in [0.3, 0.4) is 0 Å². The van der Waals surface area contributed by atoms with E-state index in [0.29, 0.717) is 17.9 Å². The molecular formula is C17H14FNO2. The van der Waals surface area contributed by atoms with Crippen molar-refractivity contribution in [3.63, 3.8) is 0 Å². The molecule has 106 valence electrons. The maximum absolute atomic E-state index is 14.1. The van der Waals surface area contributed by atoms with E-state index < -0.39 is 11.6 Å². The maximum atomic E-state index is 14.1. The summed E-state index contributed by atoms with van der Waals surface area (Å²) in [6.07, 6.45) is -0.328. The highest BCUT2D eigenvalue weighted by atomic mass is 19.1. The molecule has 21 heavy (non-hydrogen) atoms. The van der Waals surface area contributed by atoms with Crippen LogP contribution in [0.1, 0.15) is 23.7 Å². The molecule has 0 saturated carbocycles. The molecule has 0 aliphatic carbocycles. The molecule has 0 unspecified atom stereocenters. The van der Waals surface area contributed by atoms with Crippen molar-refractivity contribution in [3.8, 4) is 22.9 Å². The van der Waals surface area contributed by atoms with E-state index >= 15 is 0 Å². The van der Waals surface area contributed by atoms with Gasteiger partial charge in [0, 0.05) is 5.56 Å². The van der Waals surface area contributed by atoms with Crippen LogP contribution in [0.5, 0.6) is 5.75 Å². The van der Waals surface area contributed by atoms with Gasteiger partial charge in [0.1, 0.15) is 11.6 Å². The lowest BCUT2D eigenvalue weighted by atomic mass is 10.0. The number of rotatable bonds is 5. The van der Waals surface area contributed by atoms with Crippen LogP contribution in [0.2, 0.25) is 0 Å². The molecule has 0 aliphatic rings. The molecule has 0 aliphatic heterocycles. The predicted octanol–water partition coefficient (Wildman–Crippen LogP) is 3.99. The minimum atomic E-state index is -0.626. The van der Waals surface area contributed by atoms with Crippen molar-refractivity contribution in [2.75, 3.05) is 6.61 Å². The van der Waals surface area contributed by atoms with Gasteiger partial charge in [0.2, 0.25) is 0 Å². The number of carbonyl (C=O) groups is 1. The molecule has 2 aromatic rings. The number of ketones is 1. The van der Waals surface area contributed by atoms with Crippen LogP contribution in [0.4, 0.5) is 4.39 Å². The number of halogens is 1. The Morgan fingerprint density at radius 2 is 2.05 bits per heavy atom. The van der Waals surface area contributed by atoms with E-state index in [2.05, 4.69) is 0 Å². The summed E-state index contributed by atoms with van der Waals surface area (Å²) in [5.74, 6) is -0.478. The van der Waals surface area contributed by atoms with E-state index in [9.17, 15) is 9.18 Å². The number of Topliss-reactive ketones (excluding diaryl/α,β-unsaturated/α-hetero) is 1. The van der Waals surface area contributed by atoms with Crippen LogP contribution in [0, 0.1) is 17.1 Å². The fourth-order valence-electron chi connectivity index (χ4n) is 2.06. The highest BCUT2D eigenvalue weighted by Gasteiger charge is 2.13. The van der Waals surface area contributed by atoms with Crippen LogP contribution < -0.4 is 4.74 Å². The van der Waals surface area contributed by atoms with Crippen LogP contribution in [-0.2, 0) is 0 Å². The molecule has 3 nitrogen and oxygen atoms in total. The summed E-state index contributed by atoms with van der Waals surface area (Å²) in [5, 5.41) is 8.51. The molecule has 2 rings (SSSR count). The van der Waals surface area contributed by atoms with Crippen molar-refractivity contribution in [1.29, 1.82) is 5.26 Å². The lowest BCUT2D eigenvalue weighted by Gasteiger charge is -2.11. The van der Waals surface area contributed by atoms with Crippen LogP contribution in [0.25, 0.3) is 11.1 Å². The van der Waals surface area contributed by atoms with Gasteiger partial charge in [0.15, 0.2) is 5.78 Å². The lowest BCUT2D eigenvalue weighted by Crippen LogP contribution is -2.01. The number of ether oxygens (including phenoxy) is 1. The van der Waals surface area contributed by atoms with Crippen molar-refractivity contribution >= 4 is 5.78 Å². The third kappa shape index (κ3) is 3.26. The fourth-order valence-corrected chi connectivity index (χ4v) is 2.06. The van der Waals surface area contributed by atoms with Gasteiger partial charge in [-0.25, -0.2) is 4.39 Å². The smallest absolute Gasteiger partial charge is 0.179 e. The molecule has 0 radical (unpaired) electrons. The first-order valence-electron chi connectivity index (χ1n) is 6.59. The molecule has 0 spiro atoms. The second-order valence-corrected chi connectivity index (χ2v) is 4.38. The van der Waals surface area contributed by atoms with Crippen molar-refractivity contribution in [2.45, 2.75) is 13.3 Å². The average molecular weight is 283 g/mol. The Labute approximate surface area is 122 Å². The summed E-state index contributed by atoms with van der Waals surface area (Å²) in [5.41, 5.74) is 1.33. The third-order valence-electron chi connectivity index (χ3n) is 3.01. The fraction of sp³-hybridized carbons (Fsp3) is 0.176. The molecule has 0 atom stereocenters. The molecule has 0 fully saturated rings. The second-order valence-electron chi connectivity index (χ2n) is 4.38. The number of nitriles is 1. The minimum absolute atomic E-state index is 0.0609. The molecule has 0 bridgehead atoms.